The Morgan fingerprint density at radius 3 is 2.27 bits per heavy atom. The van der Waals surface area contributed by atoms with Crippen LogP contribution in [0.25, 0.3) is 0 Å². The van der Waals surface area contributed by atoms with Gasteiger partial charge in [0, 0.05) is 0 Å². The molecule has 1 atom stereocenters. The molecule has 0 saturated heterocycles. The smallest absolute Gasteiger partial charge is 0.302 e. The largest absolute Gasteiger partial charge is 0.531 e. The Kier molecular flexibility index (Phi) is 3.50. The SMILES string of the molecule is CCOP(=O)(O)OC(F)(F)F. The molecular formula is C3H6F3O4P. The Bertz CT molecular complexity index is 166. The predicted octanol–water partition coefficient (Wildman–Crippen LogP) is 1.66. The first-order valence-corrected chi connectivity index (χ1v) is 4.01. The van der Waals surface area contributed by atoms with Crippen molar-refractivity contribution in [2.24, 2.45) is 0 Å². The van der Waals surface area contributed by atoms with E-state index >= 15 is 0 Å². The second-order valence-corrected chi connectivity index (χ2v) is 2.80. The van der Waals surface area contributed by atoms with Gasteiger partial charge in [-0.2, -0.15) is 4.52 Å². The van der Waals surface area contributed by atoms with E-state index in [2.05, 4.69) is 9.05 Å². The van der Waals surface area contributed by atoms with Crippen LogP contribution < -0.4 is 0 Å². The minimum absolute atomic E-state index is 0.330. The highest BCUT2D eigenvalue weighted by molar-refractivity contribution is 7.47. The molecule has 0 radical (unpaired) electrons. The number of alkyl halides is 3. The van der Waals surface area contributed by atoms with E-state index in [1.165, 1.54) is 6.92 Å². The van der Waals surface area contributed by atoms with Gasteiger partial charge in [0.15, 0.2) is 0 Å². The minimum Gasteiger partial charge on any atom is -0.302 e. The first kappa shape index (κ1) is 10.9. The lowest BCUT2D eigenvalue weighted by Crippen LogP contribution is -2.12. The fourth-order valence-electron chi connectivity index (χ4n) is 0.320. The summed E-state index contributed by atoms with van der Waals surface area (Å²) in [5, 5.41) is 0. The summed E-state index contributed by atoms with van der Waals surface area (Å²) in [5.41, 5.74) is 0. The fraction of sp³-hybridized carbons (Fsp3) is 1.00. The summed E-state index contributed by atoms with van der Waals surface area (Å²) in [6, 6.07) is 0. The first-order valence-electron chi connectivity index (χ1n) is 2.51. The van der Waals surface area contributed by atoms with Crippen LogP contribution in [0.5, 0.6) is 0 Å². The molecule has 0 saturated carbocycles. The highest BCUT2D eigenvalue weighted by atomic mass is 31.2. The molecule has 1 unspecified atom stereocenters. The van der Waals surface area contributed by atoms with Crippen LogP contribution >= 0.6 is 7.82 Å². The van der Waals surface area contributed by atoms with E-state index in [9.17, 15) is 17.7 Å². The quantitative estimate of drug-likeness (QED) is 0.694. The highest BCUT2D eigenvalue weighted by Gasteiger charge is 2.40. The molecule has 0 aliphatic carbocycles. The van der Waals surface area contributed by atoms with E-state index in [1.54, 1.807) is 0 Å². The third kappa shape index (κ3) is 6.30. The lowest BCUT2D eigenvalue weighted by atomic mass is 10.9. The van der Waals surface area contributed by atoms with Crippen molar-refractivity contribution in [3.05, 3.63) is 0 Å². The molecule has 0 aliphatic rings. The Morgan fingerprint density at radius 2 is 2.00 bits per heavy atom. The molecule has 8 heteroatoms. The zero-order chi connectivity index (χ0) is 9.12. The molecule has 0 aromatic carbocycles. The third-order valence-electron chi connectivity index (χ3n) is 0.511. The molecule has 0 fully saturated rings. The number of hydrogen-bond donors (Lipinski definition) is 1. The molecule has 0 amide bonds. The molecule has 0 aromatic rings. The average Bonchev–Trinajstić information content (AvgIpc) is 1.55. The molecule has 0 heterocycles. The zero-order valence-electron chi connectivity index (χ0n) is 5.46. The summed E-state index contributed by atoms with van der Waals surface area (Å²) in [6.07, 6.45) is -5.15. The van der Waals surface area contributed by atoms with Crippen LogP contribution in [0.1, 0.15) is 6.92 Å². The maximum Gasteiger partial charge on any atom is 0.531 e. The van der Waals surface area contributed by atoms with E-state index in [-0.39, 0.29) is 6.61 Å². The van der Waals surface area contributed by atoms with Crippen molar-refractivity contribution in [2.45, 2.75) is 13.3 Å². The van der Waals surface area contributed by atoms with Gasteiger partial charge in [-0.25, -0.2) is 4.57 Å². The lowest BCUT2D eigenvalue weighted by Gasteiger charge is -2.11. The van der Waals surface area contributed by atoms with Gasteiger partial charge >= 0.3 is 14.2 Å². The fourth-order valence-corrected chi connectivity index (χ4v) is 0.961. The topological polar surface area (TPSA) is 55.8 Å². The van der Waals surface area contributed by atoms with Gasteiger partial charge in [0.05, 0.1) is 6.61 Å². The van der Waals surface area contributed by atoms with Crippen molar-refractivity contribution in [2.75, 3.05) is 6.61 Å². The molecule has 0 aliphatic heterocycles. The Balaban J connectivity index is 4.03. The summed E-state index contributed by atoms with van der Waals surface area (Å²) in [4.78, 5) is 8.24. The molecule has 0 aromatic heterocycles. The van der Waals surface area contributed by atoms with Crippen LogP contribution in [0.3, 0.4) is 0 Å². The van der Waals surface area contributed by atoms with Gasteiger partial charge in [-0.1, -0.05) is 0 Å². The van der Waals surface area contributed by atoms with Crippen LogP contribution in [0.4, 0.5) is 13.2 Å². The standard InChI is InChI=1S/C3H6F3O4P/c1-2-9-11(7,8)10-3(4,5)6/h2H2,1H3,(H,7,8). The predicted molar refractivity (Wildman–Crippen MR) is 28.6 cm³/mol. The van der Waals surface area contributed by atoms with Crippen molar-refractivity contribution in [1.82, 2.24) is 0 Å². The number of halogens is 3. The molecule has 11 heavy (non-hydrogen) atoms. The monoisotopic (exact) mass is 194 g/mol. The highest BCUT2D eigenvalue weighted by Crippen LogP contribution is 2.48. The van der Waals surface area contributed by atoms with Gasteiger partial charge in [0.2, 0.25) is 0 Å². The molecule has 68 valence electrons. The minimum atomic E-state index is -5.15. The van der Waals surface area contributed by atoms with Gasteiger partial charge in [-0.15, -0.1) is 13.2 Å². The maximum atomic E-state index is 11.2. The van der Waals surface area contributed by atoms with Crippen LogP contribution in [0.2, 0.25) is 0 Å². The normalized spacial score (nSPS) is 17.9. The number of phosphoric ester groups is 1. The van der Waals surface area contributed by atoms with Gasteiger partial charge in [-0.05, 0) is 6.92 Å². The van der Waals surface area contributed by atoms with Crippen LogP contribution in [0.15, 0.2) is 0 Å². The zero-order valence-corrected chi connectivity index (χ0v) is 6.35. The van der Waals surface area contributed by atoms with Crippen molar-refractivity contribution in [3.8, 4) is 0 Å². The number of hydrogen-bond acceptors (Lipinski definition) is 3. The van der Waals surface area contributed by atoms with Crippen LogP contribution in [-0.4, -0.2) is 17.9 Å². The number of phosphoric acid groups is 1. The lowest BCUT2D eigenvalue weighted by molar-refractivity contribution is -0.282. The average molecular weight is 194 g/mol. The summed E-state index contributed by atoms with van der Waals surface area (Å²) >= 11 is 0. The van der Waals surface area contributed by atoms with Crippen molar-refractivity contribution >= 4 is 7.82 Å². The van der Waals surface area contributed by atoms with Crippen molar-refractivity contribution in [3.63, 3.8) is 0 Å². The van der Waals surface area contributed by atoms with Gasteiger partial charge < -0.3 is 4.89 Å². The molecule has 1 N–H and O–H groups in total. The molecule has 0 rings (SSSR count). The van der Waals surface area contributed by atoms with Gasteiger partial charge in [0.25, 0.3) is 0 Å². The molecule has 0 spiro atoms. The first-order chi connectivity index (χ1) is 4.77. The Labute approximate surface area is 60.5 Å². The molecular weight excluding hydrogens is 188 g/mol. The summed E-state index contributed by atoms with van der Waals surface area (Å²) < 4.78 is 50.5. The van der Waals surface area contributed by atoms with Crippen molar-refractivity contribution < 1.29 is 31.7 Å². The molecule has 4 nitrogen and oxygen atoms in total. The third-order valence-corrected chi connectivity index (χ3v) is 1.53. The van der Waals surface area contributed by atoms with E-state index in [4.69, 9.17) is 4.89 Å². The number of rotatable bonds is 3. The van der Waals surface area contributed by atoms with Crippen LogP contribution in [0, 0.1) is 0 Å². The van der Waals surface area contributed by atoms with Gasteiger partial charge in [0.1, 0.15) is 0 Å². The Morgan fingerprint density at radius 1 is 1.55 bits per heavy atom. The maximum absolute atomic E-state index is 11.2. The summed E-state index contributed by atoms with van der Waals surface area (Å²) in [7, 11) is -4.94. The second kappa shape index (κ2) is 3.53. The Hall–Kier alpha value is -0.100. The van der Waals surface area contributed by atoms with Crippen molar-refractivity contribution in [1.29, 1.82) is 0 Å². The van der Waals surface area contributed by atoms with E-state index in [0.717, 1.165) is 0 Å². The summed E-state index contributed by atoms with van der Waals surface area (Å²) in [5.74, 6) is 0. The van der Waals surface area contributed by atoms with Crippen LogP contribution in [-0.2, 0) is 13.6 Å². The molecule has 0 bridgehead atoms. The van der Waals surface area contributed by atoms with E-state index in [0.29, 0.717) is 0 Å². The summed E-state index contributed by atoms with van der Waals surface area (Å²) in [6.45, 7) is 0.937. The van der Waals surface area contributed by atoms with E-state index < -0.39 is 14.2 Å². The van der Waals surface area contributed by atoms with E-state index in [1.807, 2.05) is 0 Å². The van der Waals surface area contributed by atoms with Gasteiger partial charge in [-0.3, -0.25) is 4.52 Å². The second-order valence-electron chi connectivity index (χ2n) is 1.42.